The molecular weight excluding hydrogens is 281 g/mol. The molecule has 3 nitrogen and oxygen atoms in total. The van der Waals surface area contributed by atoms with E-state index in [9.17, 15) is 18.0 Å². The molecule has 6 heteroatoms. The van der Waals surface area contributed by atoms with Crippen LogP contribution in [0.25, 0.3) is 0 Å². The van der Waals surface area contributed by atoms with Gasteiger partial charge in [0, 0.05) is 25.6 Å². The lowest BCUT2D eigenvalue weighted by Crippen LogP contribution is -2.32. The van der Waals surface area contributed by atoms with Crippen LogP contribution in [0.2, 0.25) is 0 Å². The molecule has 1 aliphatic rings. The maximum Gasteiger partial charge on any atom is 0.416 e. The van der Waals surface area contributed by atoms with Gasteiger partial charge >= 0.3 is 6.18 Å². The van der Waals surface area contributed by atoms with Gasteiger partial charge in [-0.3, -0.25) is 4.79 Å². The van der Waals surface area contributed by atoms with Crippen LogP contribution >= 0.6 is 0 Å². The number of carbonyl (C=O) groups is 1. The quantitative estimate of drug-likeness (QED) is 0.933. The Hall–Kier alpha value is -1.56. The van der Waals surface area contributed by atoms with E-state index in [0.29, 0.717) is 13.1 Å². The highest BCUT2D eigenvalue weighted by Gasteiger charge is 2.35. The average Bonchev–Trinajstić information content (AvgIpc) is 2.84. The summed E-state index contributed by atoms with van der Waals surface area (Å²) in [6.07, 6.45) is -3.58. The third-order valence-electron chi connectivity index (χ3n) is 3.86. The van der Waals surface area contributed by atoms with Crippen molar-refractivity contribution in [1.29, 1.82) is 0 Å². The molecule has 0 aliphatic carbocycles. The van der Waals surface area contributed by atoms with Gasteiger partial charge in [-0.15, -0.1) is 0 Å². The maximum atomic E-state index is 13.0. The van der Waals surface area contributed by atoms with E-state index in [1.54, 1.807) is 17.9 Å². The molecule has 2 atom stereocenters. The van der Waals surface area contributed by atoms with Crippen LogP contribution in [0, 0.1) is 0 Å². The molecule has 21 heavy (non-hydrogen) atoms. The van der Waals surface area contributed by atoms with Crippen molar-refractivity contribution in [3.8, 4) is 0 Å². The monoisotopic (exact) mass is 300 g/mol. The Balaban J connectivity index is 2.10. The number of halogens is 3. The average molecular weight is 300 g/mol. The highest BCUT2D eigenvalue weighted by Crippen LogP contribution is 2.36. The maximum absolute atomic E-state index is 13.0. The molecule has 1 heterocycles. The van der Waals surface area contributed by atoms with E-state index < -0.39 is 17.7 Å². The second-order valence-electron chi connectivity index (χ2n) is 5.58. The Bertz CT molecular complexity index is 516. The fourth-order valence-corrected chi connectivity index (χ4v) is 2.70. The van der Waals surface area contributed by atoms with Crippen LogP contribution in [0.3, 0.4) is 0 Å². The van der Waals surface area contributed by atoms with Gasteiger partial charge in [0.05, 0.1) is 5.56 Å². The van der Waals surface area contributed by atoms with Crippen molar-refractivity contribution in [2.45, 2.75) is 37.9 Å². The summed E-state index contributed by atoms with van der Waals surface area (Å²) < 4.78 is 39.0. The number of amides is 1. The summed E-state index contributed by atoms with van der Waals surface area (Å²) in [6, 6.07) is 5.41. The normalized spacial score (nSPS) is 20.6. The Morgan fingerprint density at radius 1 is 1.43 bits per heavy atom. The molecule has 1 unspecified atom stereocenters. The number of hydrogen-bond donors (Lipinski definition) is 1. The smallest absolute Gasteiger partial charge is 0.341 e. The third kappa shape index (κ3) is 3.75. The van der Waals surface area contributed by atoms with Crippen molar-refractivity contribution < 1.29 is 18.0 Å². The van der Waals surface area contributed by atoms with Crippen LogP contribution in [0.15, 0.2) is 24.3 Å². The molecule has 0 saturated carbocycles. The fraction of sp³-hybridized carbons (Fsp3) is 0.533. The van der Waals surface area contributed by atoms with E-state index in [1.807, 2.05) is 0 Å². The van der Waals surface area contributed by atoms with Crippen LogP contribution in [-0.4, -0.2) is 29.9 Å². The summed E-state index contributed by atoms with van der Waals surface area (Å²) in [7, 11) is 0. The minimum atomic E-state index is -4.40. The van der Waals surface area contributed by atoms with E-state index >= 15 is 0 Å². The van der Waals surface area contributed by atoms with Crippen molar-refractivity contribution in [3.63, 3.8) is 0 Å². The van der Waals surface area contributed by atoms with Gasteiger partial charge in [-0.05, 0) is 24.0 Å². The zero-order valence-corrected chi connectivity index (χ0v) is 11.9. The SMILES string of the molecule is CC(CC(=O)N1CC[C@@H](N)C1)c1ccccc1C(F)(F)F. The Morgan fingerprint density at radius 3 is 2.67 bits per heavy atom. The fourth-order valence-electron chi connectivity index (χ4n) is 2.70. The van der Waals surface area contributed by atoms with E-state index in [1.165, 1.54) is 12.1 Å². The molecule has 1 fully saturated rings. The van der Waals surface area contributed by atoms with E-state index in [2.05, 4.69) is 0 Å². The molecule has 0 spiro atoms. The molecule has 0 aromatic heterocycles. The minimum absolute atomic E-state index is 0.0216. The molecule has 1 amide bonds. The first-order chi connectivity index (χ1) is 9.79. The third-order valence-corrected chi connectivity index (χ3v) is 3.86. The van der Waals surface area contributed by atoms with Gasteiger partial charge in [-0.2, -0.15) is 13.2 Å². The largest absolute Gasteiger partial charge is 0.416 e. The molecule has 0 radical (unpaired) electrons. The van der Waals surface area contributed by atoms with E-state index in [-0.39, 0.29) is 23.9 Å². The van der Waals surface area contributed by atoms with Crippen LogP contribution < -0.4 is 5.73 Å². The highest BCUT2D eigenvalue weighted by molar-refractivity contribution is 5.77. The summed E-state index contributed by atoms with van der Waals surface area (Å²) in [6.45, 7) is 2.73. The van der Waals surface area contributed by atoms with Crippen LogP contribution in [0.1, 0.15) is 36.8 Å². The predicted octanol–water partition coefficient (Wildman–Crippen LogP) is 2.76. The predicted molar refractivity (Wildman–Crippen MR) is 73.6 cm³/mol. The molecule has 1 aliphatic heterocycles. The first kappa shape index (κ1) is 15.8. The highest BCUT2D eigenvalue weighted by atomic mass is 19.4. The molecule has 2 rings (SSSR count). The van der Waals surface area contributed by atoms with E-state index in [0.717, 1.165) is 12.5 Å². The van der Waals surface area contributed by atoms with Crippen molar-refractivity contribution in [2.24, 2.45) is 5.73 Å². The van der Waals surface area contributed by atoms with Gasteiger partial charge in [0.2, 0.25) is 5.91 Å². The van der Waals surface area contributed by atoms with Crippen LogP contribution in [0.4, 0.5) is 13.2 Å². The number of hydrogen-bond acceptors (Lipinski definition) is 2. The Kier molecular flexibility index (Phi) is 4.56. The lowest BCUT2D eigenvalue weighted by atomic mass is 9.92. The van der Waals surface area contributed by atoms with Crippen LogP contribution in [0.5, 0.6) is 0 Å². The van der Waals surface area contributed by atoms with Gasteiger partial charge < -0.3 is 10.6 Å². The molecule has 1 saturated heterocycles. The standard InChI is InChI=1S/C15H19F3N2O/c1-10(8-14(21)20-7-6-11(19)9-20)12-4-2-3-5-13(12)15(16,17)18/h2-5,10-11H,6-9,19H2,1H3/t10?,11-/m1/s1. The van der Waals surface area contributed by atoms with Crippen molar-refractivity contribution >= 4 is 5.91 Å². The number of benzene rings is 1. The van der Waals surface area contributed by atoms with Gasteiger partial charge in [0.1, 0.15) is 0 Å². The lowest BCUT2D eigenvalue weighted by Gasteiger charge is -2.21. The molecule has 0 bridgehead atoms. The number of alkyl halides is 3. The zero-order valence-electron chi connectivity index (χ0n) is 11.9. The second-order valence-corrected chi connectivity index (χ2v) is 5.58. The van der Waals surface area contributed by atoms with Gasteiger partial charge in [0.15, 0.2) is 0 Å². The molecular formula is C15H19F3N2O. The summed E-state index contributed by atoms with van der Waals surface area (Å²) in [5.41, 5.74) is 5.25. The number of carbonyl (C=O) groups excluding carboxylic acids is 1. The number of likely N-dealkylation sites (tertiary alicyclic amines) is 1. The molecule has 1 aromatic carbocycles. The summed E-state index contributed by atoms with van der Waals surface area (Å²) in [5.74, 6) is -0.612. The first-order valence-electron chi connectivity index (χ1n) is 6.98. The summed E-state index contributed by atoms with van der Waals surface area (Å²) in [5, 5.41) is 0. The number of rotatable bonds is 3. The summed E-state index contributed by atoms with van der Waals surface area (Å²) >= 11 is 0. The lowest BCUT2D eigenvalue weighted by molar-refractivity contribution is -0.139. The van der Waals surface area contributed by atoms with E-state index in [4.69, 9.17) is 5.73 Å². The molecule has 2 N–H and O–H groups in total. The van der Waals surface area contributed by atoms with Crippen molar-refractivity contribution in [3.05, 3.63) is 35.4 Å². The van der Waals surface area contributed by atoms with Gasteiger partial charge in [-0.25, -0.2) is 0 Å². The van der Waals surface area contributed by atoms with Crippen molar-refractivity contribution in [1.82, 2.24) is 4.90 Å². The summed E-state index contributed by atoms with van der Waals surface area (Å²) in [4.78, 5) is 13.8. The first-order valence-corrected chi connectivity index (χ1v) is 6.98. The molecule has 1 aromatic rings. The Labute approximate surface area is 121 Å². The van der Waals surface area contributed by atoms with Gasteiger partial charge in [0.25, 0.3) is 0 Å². The van der Waals surface area contributed by atoms with Gasteiger partial charge in [-0.1, -0.05) is 25.1 Å². The Morgan fingerprint density at radius 2 is 2.10 bits per heavy atom. The number of nitrogens with two attached hydrogens (primary N) is 1. The minimum Gasteiger partial charge on any atom is -0.341 e. The number of nitrogens with zero attached hydrogens (tertiary/aromatic N) is 1. The zero-order chi connectivity index (χ0) is 15.6. The second kappa shape index (κ2) is 6.05. The molecule has 116 valence electrons. The van der Waals surface area contributed by atoms with Crippen molar-refractivity contribution in [2.75, 3.05) is 13.1 Å². The topological polar surface area (TPSA) is 46.3 Å². The van der Waals surface area contributed by atoms with Crippen LogP contribution in [-0.2, 0) is 11.0 Å².